The molecule has 0 aliphatic carbocycles. The van der Waals surface area contributed by atoms with Gasteiger partial charge in [-0.05, 0) is 48.5 Å². The van der Waals surface area contributed by atoms with Gasteiger partial charge in [-0.3, -0.25) is 14.5 Å². The first kappa shape index (κ1) is 26.3. The lowest BCUT2D eigenvalue weighted by atomic mass is 10.1. The van der Waals surface area contributed by atoms with Gasteiger partial charge in [-0.25, -0.2) is 4.79 Å². The molecular weight excluding hydrogens is 462 g/mol. The number of benzene rings is 2. The van der Waals surface area contributed by atoms with E-state index in [0.29, 0.717) is 29.5 Å². The molecule has 2 aromatic rings. The maximum Gasteiger partial charge on any atom is 0.337 e. The van der Waals surface area contributed by atoms with Gasteiger partial charge in [0.25, 0.3) is 5.91 Å². The lowest BCUT2D eigenvalue weighted by Crippen LogP contribution is -2.38. The molecule has 1 unspecified atom stereocenters. The fourth-order valence-corrected chi connectivity index (χ4v) is 4.51. The molecule has 0 saturated carbocycles. The Morgan fingerprint density at radius 2 is 1.69 bits per heavy atom. The Morgan fingerprint density at radius 3 is 2.34 bits per heavy atom. The first-order valence-corrected chi connectivity index (χ1v) is 12.5. The summed E-state index contributed by atoms with van der Waals surface area (Å²) in [5, 5.41) is 3.31. The minimum atomic E-state index is -0.633. The number of amides is 2. The SMILES string of the molecule is CCCCCCCN1C(=S)N(Cc2ccccc2)C(=O)C1CC(=O)Nc1ccc(C(=O)OC)cc1. The Bertz CT molecular complexity index is 1030. The number of methoxy groups -OCH3 is 1. The third-order valence-electron chi connectivity index (χ3n) is 6.06. The van der Waals surface area contributed by atoms with Crippen LogP contribution in [0.2, 0.25) is 0 Å². The molecular formula is C27H33N3O4S. The lowest BCUT2D eigenvalue weighted by molar-refractivity contribution is -0.131. The molecule has 0 bridgehead atoms. The van der Waals surface area contributed by atoms with Gasteiger partial charge in [0.2, 0.25) is 5.91 Å². The van der Waals surface area contributed by atoms with Crippen LogP contribution < -0.4 is 5.32 Å². The van der Waals surface area contributed by atoms with E-state index in [1.54, 1.807) is 29.2 Å². The lowest BCUT2D eigenvalue weighted by Gasteiger charge is -2.24. The minimum absolute atomic E-state index is 0.00201. The van der Waals surface area contributed by atoms with Crippen LogP contribution >= 0.6 is 12.2 Å². The molecule has 3 rings (SSSR count). The van der Waals surface area contributed by atoms with Crippen molar-refractivity contribution in [1.29, 1.82) is 0 Å². The molecule has 1 fully saturated rings. The van der Waals surface area contributed by atoms with Gasteiger partial charge in [0.15, 0.2) is 5.11 Å². The molecule has 0 aromatic heterocycles. The summed E-state index contributed by atoms with van der Waals surface area (Å²) in [6, 6.07) is 15.5. The van der Waals surface area contributed by atoms with E-state index in [4.69, 9.17) is 17.0 Å². The molecule has 1 N–H and O–H groups in total. The highest BCUT2D eigenvalue weighted by Gasteiger charge is 2.42. The summed E-state index contributed by atoms with van der Waals surface area (Å²) < 4.78 is 4.70. The molecule has 1 aliphatic rings. The fourth-order valence-electron chi connectivity index (χ4n) is 4.14. The number of nitrogens with zero attached hydrogens (tertiary/aromatic N) is 2. The van der Waals surface area contributed by atoms with Gasteiger partial charge in [0, 0.05) is 12.2 Å². The Labute approximate surface area is 212 Å². The van der Waals surface area contributed by atoms with Gasteiger partial charge < -0.3 is 15.0 Å². The number of hydrogen-bond acceptors (Lipinski definition) is 5. The van der Waals surface area contributed by atoms with E-state index in [0.717, 1.165) is 31.2 Å². The number of hydrogen-bond donors (Lipinski definition) is 1. The highest BCUT2D eigenvalue weighted by atomic mass is 32.1. The van der Waals surface area contributed by atoms with Crippen LogP contribution in [0.5, 0.6) is 0 Å². The first-order valence-electron chi connectivity index (χ1n) is 12.1. The van der Waals surface area contributed by atoms with Crippen molar-refractivity contribution in [3.63, 3.8) is 0 Å². The number of rotatable bonds is 12. The Kier molecular flexibility index (Phi) is 9.78. The molecule has 2 aromatic carbocycles. The topological polar surface area (TPSA) is 79.0 Å². The molecule has 7 nitrogen and oxygen atoms in total. The number of carbonyl (C=O) groups excluding carboxylic acids is 3. The van der Waals surface area contributed by atoms with Crippen molar-refractivity contribution in [2.75, 3.05) is 19.0 Å². The predicted molar refractivity (Wildman–Crippen MR) is 140 cm³/mol. The van der Waals surface area contributed by atoms with Crippen molar-refractivity contribution in [3.8, 4) is 0 Å². The Morgan fingerprint density at radius 1 is 1.00 bits per heavy atom. The molecule has 2 amide bonds. The zero-order valence-corrected chi connectivity index (χ0v) is 21.2. The van der Waals surface area contributed by atoms with E-state index in [2.05, 4.69) is 12.2 Å². The Hall–Kier alpha value is -3.26. The van der Waals surface area contributed by atoms with Crippen molar-refractivity contribution in [3.05, 3.63) is 65.7 Å². The standard InChI is InChI=1S/C27H33N3O4S/c1-3-4-5-6-10-17-29-23(25(32)30(27(29)35)19-20-11-8-7-9-12-20)18-24(31)28-22-15-13-21(14-16-22)26(33)34-2/h7-9,11-16,23H,3-6,10,17-19H2,1-2H3,(H,28,31). The van der Waals surface area contributed by atoms with E-state index in [1.807, 2.05) is 35.2 Å². The molecule has 0 spiro atoms. The highest BCUT2D eigenvalue weighted by molar-refractivity contribution is 7.80. The summed E-state index contributed by atoms with van der Waals surface area (Å²) in [6.07, 6.45) is 5.47. The van der Waals surface area contributed by atoms with Crippen LogP contribution in [0.3, 0.4) is 0 Å². The van der Waals surface area contributed by atoms with Gasteiger partial charge >= 0.3 is 5.97 Å². The monoisotopic (exact) mass is 495 g/mol. The van der Waals surface area contributed by atoms with E-state index in [1.165, 1.54) is 13.5 Å². The smallest absolute Gasteiger partial charge is 0.337 e. The van der Waals surface area contributed by atoms with Crippen molar-refractivity contribution in [2.24, 2.45) is 0 Å². The zero-order chi connectivity index (χ0) is 25.2. The summed E-state index contributed by atoms with van der Waals surface area (Å²) in [5.41, 5.74) is 1.93. The van der Waals surface area contributed by atoms with Gasteiger partial charge in [-0.1, -0.05) is 62.9 Å². The summed E-state index contributed by atoms with van der Waals surface area (Å²) in [6.45, 7) is 3.21. The van der Waals surface area contributed by atoms with Crippen molar-refractivity contribution >= 4 is 40.8 Å². The first-order chi connectivity index (χ1) is 16.9. The summed E-state index contributed by atoms with van der Waals surface area (Å²) >= 11 is 5.70. The van der Waals surface area contributed by atoms with Crippen molar-refractivity contribution in [1.82, 2.24) is 9.80 Å². The molecule has 1 heterocycles. The van der Waals surface area contributed by atoms with Gasteiger partial charge in [-0.15, -0.1) is 0 Å². The zero-order valence-electron chi connectivity index (χ0n) is 20.4. The van der Waals surface area contributed by atoms with Crippen LogP contribution in [-0.4, -0.2) is 52.4 Å². The second-order valence-corrected chi connectivity index (χ2v) is 9.00. The average Bonchev–Trinajstić information content (AvgIpc) is 3.08. The van der Waals surface area contributed by atoms with Crippen LogP contribution in [-0.2, 0) is 20.9 Å². The van der Waals surface area contributed by atoms with Gasteiger partial charge in [-0.2, -0.15) is 0 Å². The van der Waals surface area contributed by atoms with Crippen LogP contribution in [0.25, 0.3) is 0 Å². The van der Waals surface area contributed by atoms with E-state index in [9.17, 15) is 14.4 Å². The summed E-state index contributed by atoms with van der Waals surface area (Å²) in [7, 11) is 1.32. The predicted octanol–water partition coefficient (Wildman–Crippen LogP) is 4.77. The second kappa shape index (κ2) is 13.0. The minimum Gasteiger partial charge on any atom is -0.465 e. The fraction of sp³-hybridized carbons (Fsp3) is 0.407. The average molecular weight is 496 g/mol. The number of unbranched alkanes of at least 4 members (excludes halogenated alkanes) is 4. The van der Waals surface area contributed by atoms with Crippen LogP contribution in [0.15, 0.2) is 54.6 Å². The number of ether oxygens (including phenoxy) is 1. The van der Waals surface area contributed by atoms with E-state index < -0.39 is 12.0 Å². The third kappa shape index (κ3) is 7.11. The maximum atomic E-state index is 13.4. The number of nitrogens with one attached hydrogen (secondary N) is 1. The van der Waals surface area contributed by atoms with E-state index in [-0.39, 0.29) is 18.2 Å². The van der Waals surface area contributed by atoms with Gasteiger partial charge in [0.05, 0.1) is 25.6 Å². The normalized spacial score (nSPS) is 15.4. The molecule has 186 valence electrons. The van der Waals surface area contributed by atoms with Gasteiger partial charge in [0.1, 0.15) is 6.04 Å². The van der Waals surface area contributed by atoms with Crippen LogP contribution in [0.4, 0.5) is 5.69 Å². The second-order valence-electron chi connectivity index (χ2n) is 8.64. The number of carbonyl (C=O) groups is 3. The molecule has 1 saturated heterocycles. The van der Waals surface area contributed by atoms with Crippen LogP contribution in [0, 0.1) is 0 Å². The molecule has 0 radical (unpaired) electrons. The quantitative estimate of drug-likeness (QED) is 0.260. The van der Waals surface area contributed by atoms with Crippen molar-refractivity contribution in [2.45, 2.75) is 58.0 Å². The molecule has 8 heteroatoms. The Balaban J connectivity index is 1.68. The number of thiocarbonyl (C=S) groups is 1. The number of esters is 1. The molecule has 1 atom stereocenters. The number of anilines is 1. The highest BCUT2D eigenvalue weighted by Crippen LogP contribution is 2.24. The van der Waals surface area contributed by atoms with Crippen LogP contribution in [0.1, 0.15) is 61.4 Å². The summed E-state index contributed by atoms with van der Waals surface area (Å²) in [4.78, 5) is 41.4. The molecule has 1 aliphatic heterocycles. The summed E-state index contributed by atoms with van der Waals surface area (Å²) in [5.74, 6) is -0.876. The largest absolute Gasteiger partial charge is 0.465 e. The van der Waals surface area contributed by atoms with Crippen molar-refractivity contribution < 1.29 is 19.1 Å². The third-order valence-corrected chi connectivity index (χ3v) is 6.51. The van der Waals surface area contributed by atoms with E-state index >= 15 is 0 Å². The molecule has 35 heavy (non-hydrogen) atoms. The maximum absolute atomic E-state index is 13.4.